The number of nitrogen functional groups attached to an aromatic ring is 1. The predicted octanol–water partition coefficient (Wildman–Crippen LogP) is 3.42. The average molecular weight is 429 g/mol. The SMILES string of the molecule is Cc1cc2c(cc1Sc1nc3c(N)ncnc3n1CCCNC(C)(C)C)OCCO2. The van der Waals surface area contributed by atoms with Crippen LogP contribution in [0.5, 0.6) is 11.5 Å². The van der Waals surface area contributed by atoms with Crippen LogP contribution in [0.4, 0.5) is 5.82 Å². The van der Waals surface area contributed by atoms with Gasteiger partial charge in [0.15, 0.2) is 33.6 Å². The number of benzene rings is 1. The molecule has 0 saturated heterocycles. The van der Waals surface area contributed by atoms with Crippen molar-refractivity contribution in [1.29, 1.82) is 0 Å². The standard InChI is InChI=1S/C21H28N6O2S/c1-13-10-14-15(29-9-8-28-14)11-16(13)30-20-26-17-18(22)23-12-24-19(17)27(20)7-5-6-25-21(2,3)4/h10-12,25H,5-9H2,1-4H3,(H2,22,23,24). The Bertz CT molecular complexity index is 1060. The van der Waals surface area contributed by atoms with E-state index >= 15 is 0 Å². The van der Waals surface area contributed by atoms with E-state index in [2.05, 4.69) is 47.5 Å². The molecule has 4 rings (SSSR count). The van der Waals surface area contributed by atoms with Crippen LogP contribution in [0, 0.1) is 6.92 Å². The highest BCUT2D eigenvalue weighted by Crippen LogP contribution is 2.40. The number of rotatable bonds is 6. The van der Waals surface area contributed by atoms with Crippen molar-refractivity contribution in [3.63, 3.8) is 0 Å². The first-order chi connectivity index (χ1) is 14.3. The first-order valence-electron chi connectivity index (χ1n) is 10.1. The van der Waals surface area contributed by atoms with Crippen molar-refractivity contribution in [2.24, 2.45) is 0 Å². The molecule has 30 heavy (non-hydrogen) atoms. The number of nitrogens with one attached hydrogen (secondary N) is 1. The van der Waals surface area contributed by atoms with Crippen LogP contribution in [0.15, 0.2) is 28.5 Å². The zero-order valence-corrected chi connectivity index (χ0v) is 18.7. The summed E-state index contributed by atoms with van der Waals surface area (Å²) in [5.74, 6) is 1.96. The molecule has 0 bridgehead atoms. The number of fused-ring (bicyclic) bond motifs is 2. The van der Waals surface area contributed by atoms with Gasteiger partial charge in [-0.25, -0.2) is 15.0 Å². The van der Waals surface area contributed by atoms with Gasteiger partial charge in [-0.1, -0.05) is 11.8 Å². The number of nitrogens with two attached hydrogens (primary N) is 1. The maximum Gasteiger partial charge on any atom is 0.175 e. The van der Waals surface area contributed by atoms with Crippen LogP contribution in [0.25, 0.3) is 11.2 Å². The van der Waals surface area contributed by atoms with E-state index in [1.165, 1.54) is 6.33 Å². The Morgan fingerprint density at radius 1 is 1.17 bits per heavy atom. The summed E-state index contributed by atoms with van der Waals surface area (Å²) in [5, 5.41) is 4.37. The zero-order chi connectivity index (χ0) is 21.3. The Labute approximate surface area is 180 Å². The van der Waals surface area contributed by atoms with Crippen molar-refractivity contribution in [3.8, 4) is 11.5 Å². The molecule has 0 aliphatic carbocycles. The molecule has 1 aromatic carbocycles. The molecule has 0 atom stereocenters. The van der Waals surface area contributed by atoms with Crippen LogP contribution in [0.1, 0.15) is 32.8 Å². The van der Waals surface area contributed by atoms with Gasteiger partial charge < -0.3 is 25.1 Å². The molecule has 0 fully saturated rings. The smallest absolute Gasteiger partial charge is 0.175 e. The average Bonchev–Trinajstić information content (AvgIpc) is 3.04. The van der Waals surface area contributed by atoms with E-state index in [9.17, 15) is 0 Å². The molecule has 3 aromatic rings. The largest absolute Gasteiger partial charge is 0.486 e. The third kappa shape index (κ3) is 4.46. The highest BCUT2D eigenvalue weighted by Gasteiger charge is 2.19. The van der Waals surface area contributed by atoms with Crippen molar-refractivity contribution in [2.75, 3.05) is 25.5 Å². The Hall–Kier alpha value is -2.52. The van der Waals surface area contributed by atoms with Crippen LogP contribution in [-0.2, 0) is 6.54 Å². The van der Waals surface area contributed by atoms with Gasteiger partial charge in [-0.3, -0.25) is 0 Å². The summed E-state index contributed by atoms with van der Waals surface area (Å²) in [6.45, 7) is 11.4. The molecule has 3 heterocycles. The van der Waals surface area contributed by atoms with Crippen LogP contribution < -0.4 is 20.5 Å². The minimum Gasteiger partial charge on any atom is -0.486 e. The van der Waals surface area contributed by atoms with Gasteiger partial charge in [-0.15, -0.1) is 0 Å². The van der Waals surface area contributed by atoms with Crippen LogP contribution in [0.3, 0.4) is 0 Å². The zero-order valence-electron chi connectivity index (χ0n) is 17.9. The second-order valence-electron chi connectivity index (χ2n) is 8.37. The summed E-state index contributed by atoms with van der Waals surface area (Å²) in [5.41, 5.74) is 8.67. The molecule has 2 aromatic heterocycles. The van der Waals surface area contributed by atoms with Gasteiger partial charge in [-0.05, 0) is 58.4 Å². The number of anilines is 1. The van der Waals surface area contributed by atoms with E-state index in [1.807, 2.05) is 12.1 Å². The lowest BCUT2D eigenvalue weighted by atomic mass is 10.1. The third-order valence-electron chi connectivity index (χ3n) is 4.78. The summed E-state index contributed by atoms with van der Waals surface area (Å²) in [4.78, 5) is 14.4. The number of hydrogen-bond acceptors (Lipinski definition) is 8. The van der Waals surface area contributed by atoms with E-state index in [4.69, 9.17) is 20.2 Å². The van der Waals surface area contributed by atoms with E-state index in [0.29, 0.717) is 24.5 Å². The number of hydrogen-bond donors (Lipinski definition) is 2. The number of aryl methyl sites for hydroxylation is 2. The first-order valence-corrected chi connectivity index (χ1v) is 10.9. The predicted molar refractivity (Wildman–Crippen MR) is 118 cm³/mol. The summed E-state index contributed by atoms with van der Waals surface area (Å²) in [6, 6.07) is 4.04. The van der Waals surface area contributed by atoms with Gasteiger partial charge in [0.2, 0.25) is 0 Å². The van der Waals surface area contributed by atoms with Crippen molar-refractivity contribution in [2.45, 2.75) is 56.3 Å². The van der Waals surface area contributed by atoms with Gasteiger partial charge in [0, 0.05) is 17.0 Å². The molecule has 0 saturated carbocycles. The molecular weight excluding hydrogens is 400 g/mol. The molecule has 0 radical (unpaired) electrons. The summed E-state index contributed by atoms with van der Waals surface area (Å²) in [7, 11) is 0. The van der Waals surface area contributed by atoms with Gasteiger partial charge in [0.05, 0.1) is 0 Å². The molecule has 160 valence electrons. The molecule has 0 amide bonds. The van der Waals surface area contributed by atoms with E-state index in [0.717, 1.165) is 52.3 Å². The lowest BCUT2D eigenvalue weighted by Gasteiger charge is -2.21. The van der Waals surface area contributed by atoms with E-state index in [1.54, 1.807) is 11.8 Å². The Kier molecular flexibility index (Phi) is 5.75. The summed E-state index contributed by atoms with van der Waals surface area (Å²) >= 11 is 1.58. The number of ether oxygens (including phenoxy) is 2. The van der Waals surface area contributed by atoms with Gasteiger partial charge >= 0.3 is 0 Å². The lowest BCUT2D eigenvalue weighted by Crippen LogP contribution is -2.36. The maximum atomic E-state index is 6.08. The number of imidazole rings is 1. The fourth-order valence-corrected chi connectivity index (χ4v) is 4.30. The minimum absolute atomic E-state index is 0.0868. The van der Waals surface area contributed by atoms with Crippen molar-refractivity contribution in [3.05, 3.63) is 24.0 Å². The highest BCUT2D eigenvalue weighted by molar-refractivity contribution is 7.99. The lowest BCUT2D eigenvalue weighted by molar-refractivity contribution is 0.171. The first kappa shape index (κ1) is 20.7. The molecule has 0 spiro atoms. The summed E-state index contributed by atoms with van der Waals surface area (Å²) in [6.07, 6.45) is 2.44. The van der Waals surface area contributed by atoms with Gasteiger partial charge in [0.1, 0.15) is 19.5 Å². The van der Waals surface area contributed by atoms with Crippen LogP contribution >= 0.6 is 11.8 Å². The van der Waals surface area contributed by atoms with Crippen molar-refractivity contribution >= 4 is 28.7 Å². The Morgan fingerprint density at radius 2 is 1.90 bits per heavy atom. The number of nitrogens with zero attached hydrogens (tertiary/aromatic N) is 4. The van der Waals surface area contributed by atoms with Crippen LogP contribution in [-0.4, -0.2) is 44.8 Å². The van der Waals surface area contributed by atoms with Crippen LogP contribution in [0.2, 0.25) is 0 Å². The molecule has 0 unspecified atom stereocenters. The molecule has 9 heteroatoms. The maximum absolute atomic E-state index is 6.08. The quantitative estimate of drug-likeness (QED) is 0.576. The molecule has 3 N–H and O–H groups in total. The molecule has 1 aliphatic heterocycles. The molecule has 8 nitrogen and oxygen atoms in total. The summed E-state index contributed by atoms with van der Waals surface area (Å²) < 4.78 is 13.6. The second kappa shape index (κ2) is 8.31. The minimum atomic E-state index is 0.0868. The van der Waals surface area contributed by atoms with Crippen molar-refractivity contribution in [1.82, 2.24) is 24.8 Å². The molecule has 1 aliphatic rings. The highest BCUT2D eigenvalue weighted by atomic mass is 32.2. The monoisotopic (exact) mass is 428 g/mol. The van der Waals surface area contributed by atoms with E-state index in [-0.39, 0.29) is 5.54 Å². The van der Waals surface area contributed by atoms with E-state index < -0.39 is 0 Å². The van der Waals surface area contributed by atoms with Gasteiger partial charge in [0.25, 0.3) is 0 Å². The van der Waals surface area contributed by atoms with Gasteiger partial charge in [-0.2, -0.15) is 0 Å². The Morgan fingerprint density at radius 3 is 2.63 bits per heavy atom. The van der Waals surface area contributed by atoms with Crippen molar-refractivity contribution < 1.29 is 9.47 Å². The number of aromatic nitrogens is 4. The fourth-order valence-electron chi connectivity index (χ4n) is 3.29. The Balaban J connectivity index is 1.64. The second-order valence-corrected chi connectivity index (χ2v) is 9.38. The normalized spacial score (nSPS) is 13.7. The molecular formula is C21H28N6O2S. The fraction of sp³-hybridized carbons (Fsp3) is 0.476. The topological polar surface area (TPSA) is 100 Å². The third-order valence-corrected chi connectivity index (χ3v) is 5.93.